The third kappa shape index (κ3) is 4.17. The molecule has 2 heterocycles. The molecule has 0 saturated carbocycles. The topological polar surface area (TPSA) is 69.3 Å². The van der Waals surface area contributed by atoms with E-state index in [1.807, 2.05) is 48.5 Å². The number of nitrogens with one attached hydrogen (secondary N) is 1. The number of carbonyl (C=O) groups excluding carboxylic acids is 1. The first-order chi connectivity index (χ1) is 14.6. The standard InChI is InChI=1S/C22H19F2N3O3/c23-22(24)27-13-12-25-19(27)10-11-26-21(28)20-17(14-29-15-6-2-1-3-7-15)16-8-4-5-9-18(16)30-20/h1-9,12-13,22H,10-11,14H2,(H,26,28). The van der Waals surface area contributed by atoms with Crippen molar-refractivity contribution in [1.82, 2.24) is 14.9 Å². The number of benzene rings is 2. The molecule has 2 aromatic heterocycles. The highest BCUT2D eigenvalue weighted by atomic mass is 19.3. The number of nitrogens with zero attached hydrogens (tertiary/aromatic N) is 2. The van der Waals surface area contributed by atoms with E-state index in [0.29, 0.717) is 16.9 Å². The van der Waals surface area contributed by atoms with E-state index < -0.39 is 12.5 Å². The summed E-state index contributed by atoms with van der Waals surface area (Å²) in [6.07, 6.45) is 2.68. The zero-order chi connectivity index (χ0) is 20.9. The molecule has 0 unspecified atom stereocenters. The molecule has 1 N–H and O–H groups in total. The average molecular weight is 411 g/mol. The summed E-state index contributed by atoms with van der Waals surface area (Å²) in [6.45, 7) is -2.38. The molecular formula is C22H19F2N3O3. The number of rotatable bonds is 8. The van der Waals surface area contributed by atoms with Gasteiger partial charge in [0.1, 0.15) is 23.8 Å². The van der Waals surface area contributed by atoms with Crippen LogP contribution in [0.4, 0.5) is 8.78 Å². The van der Waals surface area contributed by atoms with Crippen LogP contribution >= 0.6 is 0 Å². The van der Waals surface area contributed by atoms with Crippen LogP contribution in [0.5, 0.6) is 5.75 Å². The highest BCUT2D eigenvalue weighted by Crippen LogP contribution is 2.27. The van der Waals surface area contributed by atoms with E-state index in [1.165, 1.54) is 12.4 Å². The number of para-hydroxylation sites is 2. The second-order valence-electron chi connectivity index (χ2n) is 6.54. The second-order valence-corrected chi connectivity index (χ2v) is 6.54. The van der Waals surface area contributed by atoms with Gasteiger partial charge in [-0.25, -0.2) is 4.98 Å². The highest BCUT2D eigenvalue weighted by Gasteiger charge is 2.21. The van der Waals surface area contributed by atoms with Crippen LogP contribution in [0.15, 0.2) is 71.4 Å². The Morgan fingerprint density at radius 3 is 2.70 bits per heavy atom. The number of hydrogen-bond acceptors (Lipinski definition) is 4. The normalized spacial score (nSPS) is 11.2. The van der Waals surface area contributed by atoms with Crippen LogP contribution in [-0.4, -0.2) is 22.0 Å². The lowest BCUT2D eigenvalue weighted by Crippen LogP contribution is -2.27. The molecule has 0 saturated heterocycles. The SMILES string of the molecule is O=C(NCCc1nccn1C(F)F)c1oc2ccccc2c1COc1ccccc1. The number of aromatic nitrogens is 2. The van der Waals surface area contributed by atoms with Crippen LogP contribution < -0.4 is 10.1 Å². The predicted octanol–water partition coefficient (Wildman–Crippen LogP) is 4.58. The molecule has 8 heteroatoms. The first-order valence-corrected chi connectivity index (χ1v) is 9.40. The van der Waals surface area contributed by atoms with Gasteiger partial charge in [-0.2, -0.15) is 8.78 Å². The lowest BCUT2D eigenvalue weighted by Gasteiger charge is -2.09. The fourth-order valence-corrected chi connectivity index (χ4v) is 3.18. The van der Waals surface area contributed by atoms with E-state index in [1.54, 1.807) is 6.07 Å². The van der Waals surface area contributed by atoms with Crippen molar-refractivity contribution in [2.24, 2.45) is 0 Å². The minimum absolute atomic E-state index is 0.137. The van der Waals surface area contributed by atoms with Crippen LogP contribution in [0.1, 0.15) is 28.5 Å². The summed E-state index contributed by atoms with van der Waals surface area (Å²) in [4.78, 5) is 16.7. The summed E-state index contributed by atoms with van der Waals surface area (Å²) >= 11 is 0. The molecule has 4 aromatic rings. The van der Waals surface area contributed by atoms with E-state index in [9.17, 15) is 13.6 Å². The van der Waals surface area contributed by atoms with E-state index in [4.69, 9.17) is 9.15 Å². The molecule has 0 radical (unpaired) electrons. The number of halogens is 2. The molecule has 2 aromatic carbocycles. The quantitative estimate of drug-likeness (QED) is 0.461. The van der Waals surface area contributed by atoms with Gasteiger partial charge in [0.15, 0.2) is 5.76 Å². The number of ether oxygens (including phenoxy) is 1. The van der Waals surface area contributed by atoms with E-state index in [-0.39, 0.29) is 31.2 Å². The van der Waals surface area contributed by atoms with Gasteiger partial charge in [0.2, 0.25) is 0 Å². The van der Waals surface area contributed by atoms with Crippen molar-refractivity contribution in [2.45, 2.75) is 19.6 Å². The van der Waals surface area contributed by atoms with Crippen molar-refractivity contribution >= 4 is 16.9 Å². The molecule has 0 fully saturated rings. The van der Waals surface area contributed by atoms with Gasteiger partial charge in [0, 0.05) is 36.3 Å². The lowest BCUT2D eigenvalue weighted by atomic mass is 10.1. The van der Waals surface area contributed by atoms with Crippen molar-refractivity contribution < 1.29 is 22.7 Å². The van der Waals surface area contributed by atoms with E-state index in [0.717, 1.165) is 9.95 Å². The zero-order valence-corrected chi connectivity index (χ0v) is 15.9. The van der Waals surface area contributed by atoms with Gasteiger partial charge in [-0.1, -0.05) is 36.4 Å². The Bertz CT molecular complexity index is 1140. The van der Waals surface area contributed by atoms with Crippen LogP contribution in [-0.2, 0) is 13.0 Å². The molecule has 154 valence electrons. The minimum Gasteiger partial charge on any atom is -0.489 e. The Morgan fingerprint density at radius 1 is 1.13 bits per heavy atom. The molecule has 0 aliphatic heterocycles. The predicted molar refractivity (Wildman–Crippen MR) is 107 cm³/mol. The minimum atomic E-state index is -2.67. The fraction of sp³-hybridized carbons (Fsp3) is 0.182. The molecule has 30 heavy (non-hydrogen) atoms. The molecule has 4 rings (SSSR count). The second kappa shape index (κ2) is 8.77. The van der Waals surface area contributed by atoms with Crippen LogP contribution in [0.3, 0.4) is 0 Å². The smallest absolute Gasteiger partial charge is 0.319 e. The first kappa shape index (κ1) is 19.6. The number of fused-ring (bicyclic) bond motifs is 1. The number of hydrogen-bond donors (Lipinski definition) is 1. The summed E-state index contributed by atoms with van der Waals surface area (Å²) in [6, 6.07) is 16.6. The van der Waals surface area contributed by atoms with E-state index >= 15 is 0 Å². The number of imidazole rings is 1. The van der Waals surface area contributed by atoms with Gasteiger partial charge in [0.05, 0.1) is 0 Å². The van der Waals surface area contributed by atoms with Crippen molar-refractivity contribution in [3.05, 3.63) is 84.1 Å². The van der Waals surface area contributed by atoms with Crippen molar-refractivity contribution in [2.75, 3.05) is 6.54 Å². The van der Waals surface area contributed by atoms with Gasteiger partial charge in [-0.15, -0.1) is 0 Å². The third-order valence-electron chi connectivity index (χ3n) is 4.62. The van der Waals surface area contributed by atoms with Crippen LogP contribution in [0, 0.1) is 0 Å². The summed E-state index contributed by atoms with van der Waals surface area (Å²) < 4.78 is 38.2. The van der Waals surface area contributed by atoms with Crippen molar-refractivity contribution in [3.63, 3.8) is 0 Å². The Morgan fingerprint density at radius 2 is 1.90 bits per heavy atom. The van der Waals surface area contributed by atoms with Crippen LogP contribution in [0.25, 0.3) is 11.0 Å². The average Bonchev–Trinajstić information content (AvgIpc) is 3.37. The first-order valence-electron chi connectivity index (χ1n) is 9.40. The van der Waals surface area contributed by atoms with Crippen LogP contribution in [0.2, 0.25) is 0 Å². The van der Waals surface area contributed by atoms with E-state index in [2.05, 4.69) is 10.3 Å². The maximum Gasteiger partial charge on any atom is 0.319 e. The van der Waals surface area contributed by atoms with Gasteiger partial charge in [0.25, 0.3) is 5.91 Å². The molecule has 0 bridgehead atoms. The number of amides is 1. The maximum absolute atomic E-state index is 12.9. The zero-order valence-electron chi connectivity index (χ0n) is 15.9. The summed E-state index contributed by atoms with van der Waals surface area (Å²) in [5.41, 5.74) is 1.20. The van der Waals surface area contributed by atoms with Gasteiger partial charge >= 0.3 is 6.55 Å². The Kier molecular flexibility index (Phi) is 5.74. The number of carbonyl (C=O) groups is 1. The third-order valence-corrected chi connectivity index (χ3v) is 4.62. The number of alkyl halides is 2. The number of furan rings is 1. The summed E-state index contributed by atoms with van der Waals surface area (Å²) in [5, 5.41) is 3.50. The summed E-state index contributed by atoms with van der Waals surface area (Å²) in [5.74, 6) is 0.577. The molecule has 1 amide bonds. The largest absolute Gasteiger partial charge is 0.489 e. The van der Waals surface area contributed by atoms with Gasteiger partial charge < -0.3 is 14.5 Å². The monoisotopic (exact) mass is 411 g/mol. The molecule has 0 aliphatic carbocycles. The highest BCUT2D eigenvalue weighted by molar-refractivity contribution is 5.99. The van der Waals surface area contributed by atoms with Crippen molar-refractivity contribution in [3.8, 4) is 5.75 Å². The maximum atomic E-state index is 12.9. The Balaban J connectivity index is 1.49. The van der Waals surface area contributed by atoms with Gasteiger partial charge in [-0.3, -0.25) is 9.36 Å². The Hall–Kier alpha value is -3.68. The molecule has 0 spiro atoms. The van der Waals surface area contributed by atoms with Gasteiger partial charge in [-0.05, 0) is 18.2 Å². The van der Waals surface area contributed by atoms with Crippen molar-refractivity contribution in [1.29, 1.82) is 0 Å². The molecular weight excluding hydrogens is 392 g/mol. The lowest BCUT2D eigenvalue weighted by molar-refractivity contribution is 0.0670. The molecule has 0 aliphatic rings. The fourth-order valence-electron chi connectivity index (χ4n) is 3.18. The molecule has 6 nitrogen and oxygen atoms in total. The molecule has 0 atom stereocenters. The summed E-state index contributed by atoms with van der Waals surface area (Å²) in [7, 11) is 0. The Labute approximate surface area is 171 Å².